The predicted molar refractivity (Wildman–Crippen MR) is 122 cm³/mol. The third-order valence-electron chi connectivity index (χ3n) is 6.02. The number of hydrogen-bond donors (Lipinski definition) is 1. The molecule has 2 aliphatic heterocycles. The number of ether oxygens (including phenoxy) is 1. The van der Waals surface area contributed by atoms with Gasteiger partial charge in [0.2, 0.25) is 10.0 Å². The fourth-order valence-electron chi connectivity index (χ4n) is 4.42. The number of aryl methyl sites for hydroxylation is 2. The monoisotopic (exact) mass is 442 g/mol. The second-order valence-electron chi connectivity index (χ2n) is 9.23. The van der Waals surface area contributed by atoms with Crippen molar-refractivity contribution in [1.29, 1.82) is 0 Å². The maximum absolute atomic E-state index is 13.2. The highest BCUT2D eigenvalue weighted by atomic mass is 32.2. The van der Waals surface area contributed by atoms with Gasteiger partial charge in [-0.15, -0.1) is 0 Å². The van der Waals surface area contributed by atoms with E-state index in [0.717, 1.165) is 28.9 Å². The van der Waals surface area contributed by atoms with E-state index in [1.54, 1.807) is 12.1 Å². The van der Waals surface area contributed by atoms with Crippen LogP contribution in [0.1, 0.15) is 66.2 Å². The number of carbonyl (C=O) groups excluding carboxylic acids is 1. The molecule has 1 amide bonds. The average molecular weight is 443 g/mol. The molecule has 1 fully saturated rings. The number of nitrogens with zero attached hydrogens (tertiary/aromatic N) is 1. The van der Waals surface area contributed by atoms with Crippen molar-refractivity contribution in [2.45, 2.75) is 58.6 Å². The van der Waals surface area contributed by atoms with Crippen LogP contribution in [0.5, 0.6) is 5.75 Å². The molecule has 0 saturated carbocycles. The summed E-state index contributed by atoms with van der Waals surface area (Å²) in [7, 11) is -3.34. The first-order valence-corrected chi connectivity index (χ1v) is 12.4. The van der Waals surface area contributed by atoms with Gasteiger partial charge in [-0.1, -0.05) is 23.8 Å². The molecule has 0 radical (unpaired) electrons. The third-order valence-corrected chi connectivity index (χ3v) is 7.87. The molecule has 1 saturated heterocycles. The Hall–Kier alpha value is -2.54. The minimum Gasteiger partial charge on any atom is -0.487 e. The molecule has 1 N–H and O–H groups in total. The van der Waals surface area contributed by atoms with Crippen molar-refractivity contribution in [3.8, 4) is 5.75 Å². The van der Waals surface area contributed by atoms with Crippen LogP contribution in [0.2, 0.25) is 0 Å². The Balaban J connectivity index is 1.63. The number of amides is 1. The summed E-state index contributed by atoms with van der Waals surface area (Å²) in [6.07, 6.45) is 2.15. The Kier molecular flexibility index (Phi) is 5.50. The van der Waals surface area contributed by atoms with Gasteiger partial charge >= 0.3 is 0 Å². The molecule has 166 valence electrons. The van der Waals surface area contributed by atoms with E-state index in [1.807, 2.05) is 45.9 Å². The largest absolute Gasteiger partial charge is 0.487 e. The van der Waals surface area contributed by atoms with Crippen LogP contribution in [0.4, 0.5) is 5.69 Å². The zero-order chi connectivity index (χ0) is 22.4. The lowest BCUT2D eigenvalue weighted by Gasteiger charge is -2.38. The summed E-state index contributed by atoms with van der Waals surface area (Å²) < 4.78 is 32.7. The molecule has 31 heavy (non-hydrogen) atoms. The van der Waals surface area contributed by atoms with E-state index in [-0.39, 0.29) is 17.7 Å². The van der Waals surface area contributed by atoms with E-state index in [0.29, 0.717) is 30.6 Å². The number of rotatable bonds is 3. The molecular weight excluding hydrogens is 412 g/mol. The number of anilines is 1. The van der Waals surface area contributed by atoms with Gasteiger partial charge in [-0.05, 0) is 64.3 Å². The number of sulfonamides is 1. The molecule has 4 rings (SSSR count). The summed E-state index contributed by atoms with van der Waals surface area (Å²) in [6.45, 7) is 8.38. The number of hydrogen-bond acceptors (Lipinski definition) is 4. The first kappa shape index (κ1) is 21.7. The topological polar surface area (TPSA) is 75.7 Å². The van der Waals surface area contributed by atoms with Gasteiger partial charge in [0.15, 0.2) is 0 Å². The maximum Gasteiger partial charge on any atom is 0.251 e. The van der Waals surface area contributed by atoms with Crippen molar-refractivity contribution < 1.29 is 17.9 Å². The van der Waals surface area contributed by atoms with Crippen molar-refractivity contribution in [2.75, 3.05) is 16.6 Å². The van der Waals surface area contributed by atoms with Gasteiger partial charge in [-0.25, -0.2) is 8.42 Å². The molecular formula is C24H30N2O4S. The van der Waals surface area contributed by atoms with Crippen LogP contribution in [0.15, 0.2) is 36.4 Å². The summed E-state index contributed by atoms with van der Waals surface area (Å²) >= 11 is 0. The molecule has 0 spiro atoms. The molecule has 7 heteroatoms. The van der Waals surface area contributed by atoms with E-state index in [4.69, 9.17) is 4.74 Å². The highest BCUT2D eigenvalue weighted by molar-refractivity contribution is 7.92. The number of carbonyl (C=O) groups is 1. The second-order valence-corrected chi connectivity index (χ2v) is 11.2. The van der Waals surface area contributed by atoms with Crippen molar-refractivity contribution in [3.05, 3.63) is 58.7 Å². The summed E-state index contributed by atoms with van der Waals surface area (Å²) in [5.41, 5.74) is 3.57. The Labute approximate surface area is 184 Å². The average Bonchev–Trinajstić information content (AvgIpc) is 2.68. The van der Waals surface area contributed by atoms with Gasteiger partial charge in [-0.3, -0.25) is 9.10 Å². The Bertz CT molecular complexity index is 1120. The zero-order valence-electron chi connectivity index (χ0n) is 18.6. The van der Waals surface area contributed by atoms with Crippen LogP contribution < -0.4 is 14.4 Å². The molecule has 0 unspecified atom stereocenters. The first-order valence-electron chi connectivity index (χ1n) is 10.8. The molecule has 6 nitrogen and oxygen atoms in total. The van der Waals surface area contributed by atoms with Crippen LogP contribution in [0.25, 0.3) is 0 Å². The van der Waals surface area contributed by atoms with Gasteiger partial charge in [-0.2, -0.15) is 0 Å². The van der Waals surface area contributed by atoms with E-state index in [1.165, 1.54) is 4.31 Å². The molecule has 1 atom stereocenters. The number of benzene rings is 2. The van der Waals surface area contributed by atoms with Gasteiger partial charge in [0, 0.05) is 24.1 Å². The highest BCUT2D eigenvalue weighted by Crippen LogP contribution is 2.40. The lowest BCUT2D eigenvalue weighted by molar-refractivity contribution is 0.0619. The fourth-order valence-corrected chi connectivity index (χ4v) is 6.12. The summed E-state index contributed by atoms with van der Waals surface area (Å²) in [4.78, 5) is 13.2. The van der Waals surface area contributed by atoms with E-state index in [2.05, 4.69) is 11.4 Å². The van der Waals surface area contributed by atoms with Crippen LogP contribution in [-0.4, -0.2) is 32.2 Å². The van der Waals surface area contributed by atoms with Gasteiger partial charge in [0.05, 0.1) is 17.5 Å². The minimum atomic E-state index is -3.34. The van der Waals surface area contributed by atoms with Crippen LogP contribution >= 0.6 is 0 Å². The third kappa shape index (κ3) is 4.42. The summed E-state index contributed by atoms with van der Waals surface area (Å²) in [5, 5.41) is 3.16. The molecule has 0 aromatic heterocycles. The molecule has 2 aromatic carbocycles. The van der Waals surface area contributed by atoms with E-state index in [9.17, 15) is 13.2 Å². The van der Waals surface area contributed by atoms with Gasteiger partial charge in [0.1, 0.15) is 11.4 Å². The number of nitrogens with one attached hydrogen (secondary N) is 1. The Morgan fingerprint density at radius 1 is 1.13 bits per heavy atom. The van der Waals surface area contributed by atoms with Crippen molar-refractivity contribution in [1.82, 2.24) is 5.32 Å². The SMILES string of the molecule is Cc1ccc2c(c1)[C@@H](NC(=O)c1ccc(C)c(N3CCCCS3(=O)=O)c1)CC(C)(C)O2. The molecule has 2 heterocycles. The lowest BCUT2D eigenvalue weighted by atomic mass is 9.88. The Morgan fingerprint density at radius 3 is 2.65 bits per heavy atom. The van der Waals surface area contributed by atoms with Gasteiger partial charge < -0.3 is 10.1 Å². The molecule has 0 aliphatic carbocycles. The van der Waals surface area contributed by atoms with Gasteiger partial charge in [0.25, 0.3) is 5.91 Å². The lowest BCUT2D eigenvalue weighted by Crippen LogP contribution is -2.41. The predicted octanol–water partition coefficient (Wildman–Crippen LogP) is 4.27. The normalized spacial score (nSPS) is 21.7. The Morgan fingerprint density at radius 2 is 1.90 bits per heavy atom. The quantitative estimate of drug-likeness (QED) is 0.770. The fraction of sp³-hybridized carbons (Fsp3) is 0.458. The highest BCUT2D eigenvalue weighted by Gasteiger charge is 2.35. The summed E-state index contributed by atoms with van der Waals surface area (Å²) in [6, 6.07) is 11.1. The van der Waals surface area contributed by atoms with Crippen molar-refractivity contribution in [2.24, 2.45) is 0 Å². The minimum absolute atomic E-state index is 0.149. The van der Waals surface area contributed by atoms with Crippen LogP contribution in [-0.2, 0) is 10.0 Å². The summed E-state index contributed by atoms with van der Waals surface area (Å²) in [5.74, 6) is 0.720. The van der Waals surface area contributed by atoms with E-state index < -0.39 is 15.6 Å². The number of fused-ring (bicyclic) bond motifs is 1. The smallest absolute Gasteiger partial charge is 0.251 e. The maximum atomic E-state index is 13.2. The first-order chi connectivity index (χ1) is 14.6. The molecule has 0 bridgehead atoms. The standard InChI is InChI=1S/C24H30N2O4S/c1-16-7-10-22-19(13-16)20(15-24(3,4)30-22)25-23(27)18-9-8-17(2)21(14-18)26-11-5-6-12-31(26,28)29/h7-10,13-14,20H,5-6,11-12,15H2,1-4H3,(H,25,27)/t20-/m0/s1. The van der Waals surface area contributed by atoms with Crippen molar-refractivity contribution in [3.63, 3.8) is 0 Å². The van der Waals surface area contributed by atoms with E-state index >= 15 is 0 Å². The van der Waals surface area contributed by atoms with Crippen LogP contribution in [0.3, 0.4) is 0 Å². The zero-order valence-corrected chi connectivity index (χ0v) is 19.4. The second kappa shape index (κ2) is 7.86. The molecule has 2 aromatic rings. The van der Waals surface area contributed by atoms with Crippen LogP contribution in [0, 0.1) is 13.8 Å². The van der Waals surface area contributed by atoms with Crippen molar-refractivity contribution >= 4 is 21.6 Å². The molecule has 2 aliphatic rings.